The Balaban J connectivity index is 2.16. The van der Waals surface area contributed by atoms with Gasteiger partial charge in [-0.15, -0.1) is 0 Å². The number of nitrogens with zero attached hydrogens (tertiary/aromatic N) is 1. The van der Waals surface area contributed by atoms with Crippen molar-refractivity contribution < 1.29 is 4.79 Å². The summed E-state index contributed by atoms with van der Waals surface area (Å²) in [5, 5.41) is 0. The number of amides is 1. The van der Waals surface area contributed by atoms with Crippen LogP contribution in [0.1, 0.15) is 46.5 Å². The Morgan fingerprint density at radius 1 is 1.38 bits per heavy atom. The van der Waals surface area contributed by atoms with Crippen LogP contribution in [0.15, 0.2) is 0 Å². The van der Waals surface area contributed by atoms with E-state index < -0.39 is 0 Å². The molecule has 13 heavy (non-hydrogen) atoms. The molecular weight excluding hydrogens is 162 g/mol. The molecule has 0 spiro atoms. The Morgan fingerprint density at radius 3 is 2.54 bits per heavy atom. The molecule has 0 atom stereocenters. The molecule has 2 heteroatoms. The van der Waals surface area contributed by atoms with Crippen LogP contribution in [0.25, 0.3) is 0 Å². The van der Waals surface area contributed by atoms with Crippen LogP contribution in [0.5, 0.6) is 0 Å². The van der Waals surface area contributed by atoms with E-state index in [0.29, 0.717) is 11.3 Å². The van der Waals surface area contributed by atoms with E-state index in [1.54, 1.807) is 0 Å². The maximum Gasteiger partial charge on any atom is 0.222 e. The van der Waals surface area contributed by atoms with Gasteiger partial charge in [0.2, 0.25) is 5.91 Å². The highest BCUT2D eigenvalue weighted by atomic mass is 16.2. The summed E-state index contributed by atoms with van der Waals surface area (Å²) in [6, 6.07) is 0. The summed E-state index contributed by atoms with van der Waals surface area (Å²) in [6.45, 7) is 8.70. The second-order valence-electron chi connectivity index (χ2n) is 5.15. The maximum atomic E-state index is 11.3. The molecule has 0 radical (unpaired) electrons. The summed E-state index contributed by atoms with van der Waals surface area (Å²) in [7, 11) is 0. The highest BCUT2D eigenvalue weighted by molar-refractivity contribution is 5.77. The Hall–Kier alpha value is -0.530. The van der Waals surface area contributed by atoms with Crippen LogP contribution in [0, 0.1) is 5.41 Å². The first-order valence-electron chi connectivity index (χ1n) is 5.27. The lowest BCUT2D eigenvalue weighted by Gasteiger charge is -2.21. The van der Waals surface area contributed by atoms with Crippen LogP contribution in [-0.4, -0.2) is 23.9 Å². The summed E-state index contributed by atoms with van der Waals surface area (Å²) in [4.78, 5) is 13.3. The monoisotopic (exact) mass is 183 g/mol. The second kappa shape index (κ2) is 4.12. The molecule has 1 saturated heterocycles. The molecule has 76 valence electrons. The molecule has 1 heterocycles. The normalized spacial score (nSPS) is 18.4. The Kier molecular flexibility index (Phi) is 3.34. The van der Waals surface area contributed by atoms with E-state index in [0.717, 1.165) is 32.4 Å². The summed E-state index contributed by atoms with van der Waals surface area (Å²) in [5.41, 5.74) is 0.406. The molecule has 1 rings (SSSR count). The average Bonchev–Trinajstić information content (AvgIpc) is 2.34. The van der Waals surface area contributed by atoms with Gasteiger partial charge in [-0.3, -0.25) is 4.79 Å². The minimum atomic E-state index is 0.355. The fourth-order valence-corrected chi connectivity index (χ4v) is 1.74. The van der Waals surface area contributed by atoms with Gasteiger partial charge in [0, 0.05) is 19.5 Å². The molecule has 0 aromatic rings. The van der Waals surface area contributed by atoms with E-state index in [2.05, 4.69) is 20.8 Å². The van der Waals surface area contributed by atoms with Gasteiger partial charge in [0.25, 0.3) is 0 Å². The van der Waals surface area contributed by atoms with Gasteiger partial charge in [0.05, 0.1) is 0 Å². The van der Waals surface area contributed by atoms with Crippen molar-refractivity contribution >= 4 is 5.91 Å². The van der Waals surface area contributed by atoms with Gasteiger partial charge in [-0.25, -0.2) is 0 Å². The zero-order valence-corrected chi connectivity index (χ0v) is 9.10. The first kappa shape index (κ1) is 10.6. The Bertz CT molecular complexity index is 181. The molecular formula is C11H21NO. The lowest BCUT2D eigenvalue weighted by Crippen LogP contribution is -2.26. The van der Waals surface area contributed by atoms with Crippen molar-refractivity contribution in [2.45, 2.75) is 46.5 Å². The van der Waals surface area contributed by atoms with Gasteiger partial charge in [-0.05, 0) is 24.7 Å². The zero-order chi connectivity index (χ0) is 9.90. The SMILES string of the molecule is CC(C)(C)CCCN1CCCC1=O. The predicted octanol–water partition coefficient (Wildman–Crippen LogP) is 2.44. The van der Waals surface area contributed by atoms with Crippen molar-refractivity contribution in [1.29, 1.82) is 0 Å². The molecule has 2 nitrogen and oxygen atoms in total. The molecule has 0 aliphatic carbocycles. The van der Waals surface area contributed by atoms with E-state index in [1.807, 2.05) is 4.90 Å². The topological polar surface area (TPSA) is 20.3 Å². The van der Waals surface area contributed by atoms with Gasteiger partial charge in [0.1, 0.15) is 0 Å². The molecule has 1 aliphatic heterocycles. The smallest absolute Gasteiger partial charge is 0.222 e. The quantitative estimate of drug-likeness (QED) is 0.658. The lowest BCUT2D eigenvalue weighted by atomic mass is 9.90. The maximum absolute atomic E-state index is 11.3. The third-order valence-electron chi connectivity index (χ3n) is 2.53. The van der Waals surface area contributed by atoms with E-state index in [4.69, 9.17) is 0 Å². The average molecular weight is 183 g/mol. The van der Waals surface area contributed by atoms with Crippen LogP contribution in [0.4, 0.5) is 0 Å². The van der Waals surface area contributed by atoms with Crippen molar-refractivity contribution in [2.75, 3.05) is 13.1 Å². The number of likely N-dealkylation sites (tertiary alicyclic amines) is 1. The highest BCUT2D eigenvalue weighted by Gasteiger charge is 2.20. The van der Waals surface area contributed by atoms with Crippen LogP contribution in [0.2, 0.25) is 0 Å². The van der Waals surface area contributed by atoms with Gasteiger partial charge >= 0.3 is 0 Å². The van der Waals surface area contributed by atoms with Crippen molar-refractivity contribution in [1.82, 2.24) is 4.90 Å². The number of carbonyl (C=O) groups excluding carboxylic acids is 1. The minimum absolute atomic E-state index is 0.355. The van der Waals surface area contributed by atoms with E-state index in [-0.39, 0.29) is 0 Å². The molecule has 0 aromatic heterocycles. The lowest BCUT2D eigenvalue weighted by molar-refractivity contribution is -0.127. The molecule has 1 aliphatic rings. The van der Waals surface area contributed by atoms with E-state index >= 15 is 0 Å². The zero-order valence-electron chi connectivity index (χ0n) is 9.10. The number of carbonyl (C=O) groups is 1. The van der Waals surface area contributed by atoms with Gasteiger partial charge < -0.3 is 4.90 Å². The molecule has 0 unspecified atom stereocenters. The standard InChI is InChI=1S/C11H21NO/c1-11(2,3)7-5-9-12-8-4-6-10(12)13/h4-9H2,1-3H3. The van der Waals surface area contributed by atoms with Crippen LogP contribution in [0.3, 0.4) is 0 Å². The first-order valence-corrected chi connectivity index (χ1v) is 5.27. The fraction of sp³-hybridized carbons (Fsp3) is 0.909. The minimum Gasteiger partial charge on any atom is -0.343 e. The summed E-state index contributed by atoms with van der Waals surface area (Å²) < 4.78 is 0. The van der Waals surface area contributed by atoms with Crippen LogP contribution < -0.4 is 0 Å². The third kappa shape index (κ3) is 3.79. The molecule has 0 bridgehead atoms. The number of rotatable bonds is 3. The molecule has 0 aromatic carbocycles. The van der Waals surface area contributed by atoms with Crippen molar-refractivity contribution in [3.8, 4) is 0 Å². The third-order valence-corrected chi connectivity index (χ3v) is 2.53. The fourth-order valence-electron chi connectivity index (χ4n) is 1.74. The largest absolute Gasteiger partial charge is 0.343 e. The molecule has 1 fully saturated rings. The first-order chi connectivity index (χ1) is 5.99. The van der Waals surface area contributed by atoms with Crippen molar-refractivity contribution in [3.05, 3.63) is 0 Å². The molecule has 1 amide bonds. The van der Waals surface area contributed by atoms with Crippen molar-refractivity contribution in [3.63, 3.8) is 0 Å². The Labute approximate surface area is 81.3 Å². The molecule has 0 saturated carbocycles. The van der Waals surface area contributed by atoms with Gasteiger partial charge in [0.15, 0.2) is 0 Å². The summed E-state index contributed by atoms with van der Waals surface area (Å²) in [6.07, 6.45) is 4.19. The van der Waals surface area contributed by atoms with E-state index in [1.165, 1.54) is 6.42 Å². The Morgan fingerprint density at radius 2 is 2.08 bits per heavy atom. The number of hydrogen-bond acceptors (Lipinski definition) is 1. The van der Waals surface area contributed by atoms with Gasteiger partial charge in [-0.2, -0.15) is 0 Å². The highest BCUT2D eigenvalue weighted by Crippen LogP contribution is 2.21. The predicted molar refractivity (Wildman–Crippen MR) is 54.5 cm³/mol. The molecule has 0 N–H and O–H groups in total. The summed E-state index contributed by atoms with van der Waals surface area (Å²) in [5.74, 6) is 0.355. The second-order valence-corrected chi connectivity index (χ2v) is 5.15. The van der Waals surface area contributed by atoms with Crippen LogP contribution in [-0.2, 0) is 4.79 Å². The summed E-state index contributed by atoms with van der Waals surface area (Å²) >= 11 is 0. The number of hydrogen-bond donors (Lipinski definition) is 0. The van der Waals surface area contributed by atoms with Gasteiger partial charge in [-0.1, -0.05) is 20.8 Å². The van der Waals surface area contributed by atoms with Crippen LogP contribution >= 0.6 is 0 Å². The van der Waals surface area contributed by atoms with E-state index in [9.17, 15) is 4.79 Å². The van der Waals surface area contributed by atoms with Crippen molar-refractivity contribution in [2.24, 2.45) is 5.41 Å².